The Balaban J connectivity index is 2.13. The Morgan fingerprint density at radius 2 is 2.00 bits per heavy atom. The molecule has 0 aromatic heterocycles. The largest absolute Gasteiger partial charge is 0.478 e. The van der Waals surface area contributed by atoms with E-state index < -0.39 is 5.97 Å². The minimum Gasteiger partial charge on any atom is -0.478 e. The number of carbonyl (C=O) groups is 1. The second-order valence-electron chi connectivity index (χ2n) is 4.67. The summed E-state index contributed by atoms with van der Waals surface area (Å²) in [5.74, 6) is -0.959. The average molecular weight is 281 g/mol. The molecule has 1 N–H and O–H groups in total. The number of anilines is 1. The van der Waals surface area contributed by atoms with Crippen molar-refractivity contribution in [3.8, 4) is 0 Å². The number of likely N-dealkylation sites (N-methyl/N-ethyl adjacent to an activating group) is 1. The molecular weight excluding hydrogens is 264 g/mol. The maximum absolute atomic E-state index is 10.5. The maximum atomic E-state index is 10.5. The molecule has 5 heteroatoms. The third kappa shape index (κ3) is 3.72. The van der Waals surface area contributed by atoms with Gasteiger partial charge >= 0.3 is 5.97 Å². The summed E-state index contributed by atoms with van der Waals surface area (Å²) < 4.78 is 0. The van der Waals surface area contributed by atoms with Crippen LogP contribution in [0.25, 0.3) is 6.08 Å². The van der Waals surface area contributed by atoms with Crippen molar-refractivity contribution in [2.45, 2.75) is 0 Å². The average Bonchev–Trinajstić information content (AvgIpc) is 2.38. The highest BCUT2D eigenvalue weighted by molar-refractivity contribution is 6.33. The number of hydrogen-bond donors (Lipinski definition) is 1. The zero-order valence-electron chi connectivity index (χ0n) is 10.8. The van der Waals surface area contributed by atoms with Gasteiger partial charge in [0.1, 0.15) is 0 Å². The van der Waals surface area contributed by atoms with E-state index in [1.807, 2.05) is 12.1 Å². The van der Waals surface area contributed by atoms with E-state index in [0.717, 1.165) is 43.5 Å². The van der Waals surface area contributed by atoms with Crippen molar-refractivity contribution in [2.75, 3.05) is 38.1 Å². The second-order valence-corrected chi connectivity index (χ2v) is 5.08. The SMILES string of the molecule is CN1CCN(c2ccc(/C=C/C(=O)O)cc2Cl)CC1. The molecule has 2 rings (SSSR count). The predicted octanol–water partition coefficient (Wildman–Crippen LogP) is 2.19. The molecule has 4 nitrogen and oxygen atoms in total. The van der Waals surface area contributed by atoms with Crippen LogP contribution in [0.5, 0.6) is 0 Å². The molecule has 0 aliphatic carbocycles. The minimum absolute atomic E-state index is 0.664. The smallest absolute Gasteiger partial charge is 0.328 e. The van der Waals surface area contributed by atoms with Crippen molar-refractivity contribution in [1.29, 1.82) is 0 Å². The van der Waals surface area contributed by atoms with Crippen LogP contribution in [0.4, 0.5) is 5.69 Å². The third-order valence-electron chi connectivity index (χ3n) is 3.23. The molecular formula is C14H17ClN2O2. The van der Waals surface area contributed by atoms with E-state index in [2.05, 4.69) is 16.8 Å². The number of hydrogen-bond acceptors (Lipinski definition) is 3. The number of nitrogens with zero attached hydrogens (tertiary/aromatic N) is 2. The summed E-state index contributed by atoms with van der Waals surface area (Å²) in [6.07, 6.45) is 2.66. The van der Waals surface area contributed by atoms with Gasteiger partial charge < -0.3 is 14.9 Å². The van der Waals surface area contributed by atoms with Gasteiger partial charge in [0.25, 0.3) is 0 Å². The van der Waals surface area contributed by atoms with E-state index in [1.54, 1.807) is 12.1 Å². The van der Waals surface area contributed by atoms with Gasteiger partial charge in [-0.05, 0) is 30.8 Å². The first-order valence-electron chi connectivity index (χ1n) is 6.20. The zero-order valence-corrected chi connectivity index (χ0v) is 11.6. The van der Waals surface area contributed by atoms with Crippen LogP contribution in [-0.2, 0) is 4.79 Å². The Kier molecular flexibility index (Phi) is 4.45. The van der Waals surface area contributed by atoms with E-state index in [9.17, 15) is 4.79 Å². The van der Waals surface area contributed by atoms with Crippen LogP contribution in [-0.4, -0.2) is 49.2 Å². The van der Waals surface area contributed by atoms with Gasteiger partial charge in [-0.3, -0.25) is 0 Å². The molecule has 0 amide bonds. The van der Waals surface area contributed by atoms with Crippen LogP contribution >= 0.6 is 11.6 Å². The second kappa shape index (κ2) is 6.08. The first kappa shape index (κ1) is 13.9. The van der Waals surface area contributed by atoms with Gasteiger partial charge in [0.15, 0.2) is 0 Å². The molecule has 1 saturated heterocycles. The monoisotopic (exact) mass is 280 g/mol. The number of piperazine rings is 1. The van der Waals surface area contributed by atoms with Gasteiger partial charge in [-0.1, -0.05) is 17.7 Å². The van der Waals surface area contributed by atoms with Crippen molar-refractivity contribution < 1.29 is 9.90 Å². The van der Waals surface area contributed by atoms with Crippen LogP contribution in [0.3, 0.4) is 0 Å². The van der Waals surface area contributed by atoms with E-state index in [1.165, 1.54) is 0 Å². The summed E-state index contributed by atoms with van der Waals surface area (Å²) in [6, 6.07) is 5.64. The number of carboxylic acid groups (broad SMARTS) is 1. The molecule has 1 heterocycles. The van der Waals surface area contributed by atoms with Crippen LogP contribution in [0.15, 0.2) is 24.3 Å². The number of rotatable bonds is 3. The molecule has 1 aromatic rings. The van der Waals surface area contributed by atoms with Crippen molar-refractivity contribution in [3.63, 3.8) is 0 Å². The van der Waals surface area contributed by atoms with Gasteiger partial charge in [-0.2, -0.15) is 0 Å². The molecule has 0 unspecified atom stereocenters. The quantitative estimate of drug-likeness (QED) is 0.862. The first-order valence-corrected chi connectivity index (χ1v) is 6.58. The summed E-state index contributed by atoms with van der Waals surface area (Å²) in [5, 5.41) is 9.26. The molecule has 0 atom stereocenters. The standard InChI is InChI=1S/C14H17ClN2O2/c1-16-6-8-17(9-7-16)13-4-2-11(10-12(13)15)3-5-14(18)19/h2-5,10H,6-9H2,1H3,(H,18,19)/b5-3+. The predicted molar refractivity (Wildman–Crippen MR) is 77.8 cm³/mol. The van der Waals surface area contributed by atoms with Crippen molar-refractivity contribution in [3.05, 3.63) is 34.9 Å². The Bertz CT molecular complexity index is 494. The number of halogens is 1. The summed E-state index contributed by atoms with van der Waals surface area (Å²) in [5.41, 5.74) is 1.81. The molecule has 102 valence electrons. The summed E-state index contributed by atoms with van der Waals surface area (Å²) >= 11 is 6.28. The molecule has 0 saturated carbocycles. The molecule has 1 fully saturated rings. The van der Waals surface area contributed by atoms with Crippen molar-refractivity contribution in [2.24, 2.45) is 0 Å². The zero-order chi connectivity index (χ0) is 13.8. The lowest BCUT2D eigenvalue weighted by Crippen LogP contribution is -2.44. The fourth-order valence-corrected chi connectivity index (χ4v) is 2.41. The van der Waals surface area contributed by atoms with Crippen molar-refractivity contribution in [1.82, 2.24) is 4.90 Å². The lowest BCUT2D eigenvalue weighted by molar-refractivity contribution is -0.131. The molecule has 1 aliphatic heterocycles. The first-order chi connectivity index (χ1) is 9.06. The van der Waals surface area contributed by atoms with E-state index in [4.69, 9.17) is 16.7 Å². The highest BCUT2D eigenvalue weighted by Gasteiger charge is 2.16. The Labute approximate surface area is 117 Å². The summed E-state index contributed by atoms with van der Waals surface area (Å²) in [4.78, 5) is 15.0. The molecule has 1 aromatic carbocycles. The van der Waals surface area contributed by atoms with Crippen LogP contribution in [0, 0.1) is 0 Å². The minimum atomic E-state index is -0.959. The normalized spacial score (nSPS) is 17.1. The van der Waals surface area contributed by atoms with Gasteiger partial charge in [0.05, 0.1) is 10.7 Å². The summed E-state index contributed by atoms with van der Waals surface area (Å²) in [6.45, 7) is 3.97. The lowest BCUT2D eigenvalue weighted by atomic mass is 10.1. The highest BCUT2D eigenvalue weighted by Crippen LogP contribution is 2.28. The van der Waals surface area contributed by atoms with E-state index in [-0.39, 0.29) is 0 Å². The number of carboxylic acids is 1. The maximum Gasteiger partial charge on any atom is 0.328 e. The Morgan fingerprint density at radius 1 is 1.32 bits per heavy atom. The molecule has 19 heavy (non-hydrogen) atoms. The van der Waals surface area contributed by atoms with Crippen LogP contribution in [0.1, 0.15) is 5.56 Å². The Morgan fingerprint density at radius 3 is 2.58 bits per heavy atom. The van der Waals surface area contributed by atoms with E-state index in [0.29, 0.717) is 5.02 Å². The fraction of sp³-hybridized carbons (Fsp3) is 0.357. The Hall–Kier alpha value is -1.52. The molecule has 0 bridgehead atoms. The molecule has 0 spiro atoms. The number of benzene rings is 1. The molecule has 1 aliphatic rings. The van der Waals surface area contributed by atoms with Gasteiger partial charge in [0, 0.05) is 32.3 Å². The van der Waals surface area contributed by atoms with Gasteiger partial charge in [0.2, 0.25) is 0 Å². The lowest BCUT2D eigenvalue weighted by Gasteiger charge is -2.34. The summed E-state index contributed by atoms with van der Waals surface area (Å²) in [7, 11) is 2.11. The molecule has 0 radical (unpaired) electrons. The van der Waals surface area contributed by atoms with Crippen LogP contribution < -0.4 is 4.90 Å². The van der Waals surface area contributed by atoms with Gasteiger partial charge in [-0.25, -0.2) is 4.79 Å². The van der Waals surface area contributed by atoms with Crippen LogP contribution in [0.2, 0.25) is 5.02 Å². The third-order valence-corrected chi connectivity index (χ3v) is 3.54. The number of aliphatic carboxylic acids is 1. The topological polar surface area (TPSA) is 43.8 Å². The van der Waals surface area contributed by atoms with Crippen molar-refractivity contribution >= 4 is 29.3 Å². The van der Waals surface area contributed by atoms with E-state index >= 15 is 0 Å². The van der Waals surface area contributed by atoms with Gasteiger partial charge in [-0.15, -0.1) is 0 Å². The highest BCUT2D eigenvalue weighted by atomic mass is 35.5. The fourth-order valence-electron chi connectivity index (χ4n) is 2.10.